The van der Waals surface area contributed by atoms with Crippen LogP contribution in [0.3, 0.4) is 0 Å². The Bertz CT molecular complexity index is 349. The molecule has 0 amide bonds. The van der Waals surface area contributed by atoms with Gasteiger partial charge in [-0.25, -0.2) is 0 Å². The van der Waals surface area contributed by atoms with E-state index >= 15 is 0 Å². The Kier molecular flexibility index (Phi) is 7.03. The van der Waals surface area contributed by atoms with Crippen molar-refractivity contribution in [1.82, 2.24) is 0 Å². The van der Waals surface area contributed by atoms with Crippen LogP contribution in [0.1, 0.15) is 24.8 Å². The minimum absolute atomic E-state index is 0.0368. The van der Waals surface area contributed by atoms with Gasteiger partial charge in [-0.15, -0.1) is 11.6 Å². The first kappa shape index (κ1) is 16.7. The van der Waals surface area contributed by atoms with E-state index in [1.807, 2.05) is 18.2 Å². The summed E-state index contributed by atoms with van der Waals surface area (Å²) in [5.74, 6) is 0.166. The molecule has 0 bridgehead atoms. The molecule has 0 saturated carbocycles. The molecule has 0 heterocycles. The first-order chi connectivity index (χ1) is 9.12. The molecule has 0 aliphatic rings. The van der Waals surface area contributed by atoms with Crippen LogP contribution in [-0.2, 0) is 13.3 Å². The van der Waals surface area contributed by atoms with Crippen LogP contribution in [0.5, 0.6) is 0 Å². The van der Waals surface area contributed by atoms with Crippen LogP contribution in [0.25, 0.3) is 0 Å². The summed E-state index contributed by atoms with van der Waals surface area (Å²) in [6, 6.07) is 10.9. The van der Waals surface area contributed by atoms with E-state index in [0.29, 0.717) is 6.04 Å². The van der Waals surface area contributed by atoms with E-state index in [0.717, 1.165) is 6.42 Å². The first-order valence-electron chi connectivity index (χ1n) is 6.47. The number of rotatable bonds is 8. The van der Waals surface area contributed by atoms with Crippen LogP contribution in [0, 0.1) is 0 Å². The lowest BCUT2D eigenvalue weighted by Gasteiger charge is -2.30. The highest BCUT2D eigenvalue weighted by Gasteiger charge is 2.42. The normalized spacial score (nSPS) is 15.2. The summed E-state index contributed by atoms with van der Waals surface area (Å²) in [6.45, 7) is 2.09. The van der Waals surface area contributed by atoms with Crippen molar-refractivity contribution in [1.29, 1.82) is 0 Å². The molecule has 19 heavy (non-hydrogen) atoms. The summed E-state index contributed by atoms with van der Waals surface area (Å²) < 4.78 is 16.6. The molecule has 0 aromatic heterocycles. The van der Waals surface area contributed by atoms with Crippen molar-refractivity contribution in [2.24, 2.45) is 0 Å². The summed E-state index contributed by atoms with van der Waals surface area (Å²) in [4.78, 5) is 0. The number of hydrogen-bond donors (Lipinski definition) is 0. The number of alkyl halides is 1. The zero-order valence-corrected chi connectivity index (χ0v) is 13.8. The van der Waals surface area contributed by atoms with E-state index in [1.165, 1.54) is 5.56 Å². The lowest BCUT2D eigenvalue weighted by atomic mass is 9.96. The maximum absolute atomic E-state index is 6.50. The van der Waals surface area contributed by atoms with E-state index in [2.05, 4.69) is 19.1 Å². The van der Waals surface area contributed by atoms with Crippen molar-refractivity contribution in [2.75, 3.05) is 21.3 Å². The molecule has 2 unspecified atom stereocenters. The summed E-state index contributed by atoms with van der Waals surface area (Å²) >= 11 is 6.50. The SMILES string of the molecule is CCC(Cl)C(C[Si](OC)(OC)OC)c1ccccc1. The second-order valence-corrected chi connectivity index (χ2v) is 8.00. The first-order valence-corrected chi connectivity index (χ1v) is 8.83. The summed E-state index contributed by atoms with van der Waals surface area (Å²) in [6.07, 6.45) is 0.892. The van der Waals surface area contributed by atoms with Crippen molar-refractivity contribution in [3.8, 4) is 0 Å². The van der Waals surface area contributed by atoms with E-state index in [9.17, 15) is 0 Å². The maximum atomic E-state index is 6.50. The Hall–Kier alpha value is -0.393. The summed E-state index contributed by atoms with van der Waals surface area (Å²) in [7, 11) is 2.28. The number of hydrogen-bond acceptors (Lipinski definition) is 3. The van der Waals surface area contributed by atoms with Crippen LogP contribution in [-0.4, -0.2) is 35.5 Å². The van der Waals surface area contributed by atoms with Crippen LogP contribution in [0.15, 0.2) is 30.3 Å². The molecule has 2 atom stereocenters. The largest absolute Gasteiger partial charge is 0.500 e. The van der Waals surface area contributed by atoms with Crippen LogP contribution < -0.4 is 0 Å². The van der Waals surface area contributed by atoms with Gasteiger partial charge in [0, 0.05) is 38.7 Å². The molecule has 108 valence electrons. The smallest absolute Gasteiger partial charge is 0.377 e. The van der Waals surface area contributed by atoms with Gasteiger partial charge in [0.05, 0.1) is 0 Å². The summed E-state index contributed by atoms with van der Waals surface area (Å²) in [5, 5.41) is 0.0368. The van der Waals surface area contributed by atoms with E-state index in [-0.39, 0.29) is 11.3 Å². The molecule has 0 fully saturated rings. The van der Waals surface area contributed by atoms with Crippen molar-refractivity contribution in [2.45, 2.75) is 30.7 Å². The number of benzene rings is 1. The minimum atomic E-state index is -2.63. The fourth-order valence-corrected chi connectivity index (χ4v) is 4.65. The predicted octanol–water partition coefficient (Wildman–Crippen LogP) is 3.67. The van der Waals surface area contributed by atoms with Crippen molar-refractivity contribution in [3.63, 3.8) is 0 Å². The fourth-order valence-electron chi connectivity index (χ4n) is 2.21. The Morgan fingerprint density at radius 1 is 1.05 bits per heavy atom. The van der Waals surface area contributed by atoms with Crippen LogP contribution in [0.2, 0.25) is 6.04 Å². The summed E-state index contributed by atoms with van der Waals surface area (Å²) in [5.41, 5.74) is 1.20. The van der Waals surface area contributed by atoms with Gasteiger partial charge >= 0.3 is 8.80 Å². The van der Waals surface area contributed by atoms with Gasteiger partial charge in [0.15, 0.2) is 0 Å². The average Bonchev–Trinajstić information content (AvgIpc) is 2.49. The lowest BCUT2D eigenvalue weighted by molar-refractivity contribution is 0.121. The highest BCUT2D eigenvalue weighted by molar-refractivity contribution is 6.60. The zero-order valence-electron chi connectivity index (χ0n) is 12.1. The highest BCUT2D eigenvalue weighted by atomic mass is 35.5. The molecule has 5 heteroatoms. The van der Waals surface area contributed by atoms with Crippen LogP contribution in [0.4, 0.5) is 0 Å². The fraction of sp³-hybridized carbons (Fsp3) is 0.571. The molecule has 1 aromatic rings. The van der Waals surface area contributed by atoms with Gasteiger partial charge < -0.3 is 13.3 Å². The second kappa shape index (κ2) is 8.02. The Morgan fingerprint density at radius 3 is 2.00 bits per heavy atom. The Morgan fingerprint density at radius 2 is 1.58 bits per heavy atom. The molecule has 0 aliphatic carbocycles. The van der Waals surface area contributed by atoms with E-state index in [1.54, 1.807) is 21.3 Å². The van der Waals surface area contributed by atoms with Gasteiger partial charge in [-0.3, -0.25) is 0 Å². The van der Waals surface area contributed by atoms with Crippen molar-refractivity contribution >= 4 is 20.4 Å². The van der Waals surface area contributed by atoms with Gasteiger partial charge in [0.2, 0.25) is 0 Å². The van der Waals surface area contributed by atoms with E-state index in [4.69, 9.17) is 24.9 Å². The van der Waals surface area contributed by atoms with Gasteiger partial charge in [-0.05, 0) is 12.0 Å². The number of halogens is 1. The third kappa shape index (κ3) is 4.29. The van der Waals surface area contributed by atoms with Gasteiger partial charge in [-0.1, -0.05) is 37.3 Å². The Balaban J connectivity index is 2.99. The second-order valence-electron chi connectivity index (χ2n) is 4.44. The van der Waals surface area contributed by atoms with E-state index < -0.39 is 8.80 Å². The molecule has 1 aromatic carbocycles. The third-order valence-electron chi connectivity index (χ3n) is 3.46. The molecule has 3 nitrogen and oxygen atoms in total. The quantitative estimate of drug-likeness (QED) is 0.542. The van der Waals surface area contributed by atoms with Gasteiger partial charge in [-0.2, -0.15) is 0 Å². The zero-order chi connectivity index (χ0) is 14.3. The molecular weight excluding hydrogens is 280 g/mol. The lowest BCUT2D eigenvalue weighted by Crippen LogP contribution is -2.45. The predicted molar refractivity (Wildman–Crippen MR) is 80.7 cm³/mol. The third-order valence-corrected chi connectivity index (χ3v) is 6.88. The Labute approximate surface area is 122 Å². The molecule has 0 aliphatic heterocycles. The van der Waals surface area contributed by atoms with Gasteiger partial charge in [0.1, 0.15) is 0 Å². The van der Waals surface area contributed by atoms with Gasteiger partial charge in [0.25, 0.3) is 0 Å². The minimum Gasteiger partial charge on any atom is -0.377 e. The standard InChI is InChI=1S/C14H23ClO3Si/c1-5-14(15)13(12-9-7-6-8-10-12)11-19(16-2,17-3)18-4/h6-10,13-14H,5,11H2,1-4H3. The molecular formula is C14H23ClO3Si. The van der Waals surface area contributed by atoms with Crippen molar-refractivity contribution < 1.29 is 13.3 Å². The monoisotopic (exact) mass is 302 g/mol. The highest BCUT2D eigenvalue weighted by Crippen LogP contribution is 2.34. The van der Waals surface area contributed by atoms with Crippen LogP contribution >= 0.6 is 11.6 Å². The molecule has 0 saturated heterocycles. The average molecular weight is 303 g/mol. The molecule has 0 spiro atoms. The molecule has 0 N–H and O–H groups in total. The topological polar surface area (TPSA) is 27.7 Å². The maximum Gasteiger partial charge on any atom is 0.500 e. The molecule has 0 radical (unpaired) electrons. The van der Waals surface area contributed by atoms with Crippen molar-refractivity contribution in [3.05, 3.63) is 35.9 Å². The molecule has 1 rings (SSSR count).